The van der Waals surface area contributed by atoms with Crippen LogP contribution in [-0.2, 0) is 0 Å². The number of primary amides is 1. The van der Waals surface area contributed by atoms with E-state index in [1.165, 1.54) is 0 Å². The summed E-state index contributed by atoms with van der Waals surface area (Å²) in [5.74, 6) is 0. The van der Waals surface area contributed by atoms with Gasteiger partial charge in [-0.05, 0) is 18.4 Å². The number of carbonyl (C=O) groups excluding carboxylic acids is 1. The molecule has 1 aliphatic carbocycles. The lowest BCUT2D eigenvalue weighted by Gasteiger charge is -2.17. The maximum Gasteiger partial charge on any atom is 0.338 e. The van der Waals surface area contributed by atoms with Gasteiger partial charge in [0.05, 0.1) is 6.54 Å². The fraction of sp³-hybridized carbons (Fsp3) is 0.308. The Morgan fingerprint density at radius 1 is 1.41 bits per heavy atom. The van der Waals surface area contributed by atoms with E-state index in [0.717, 1.165) is 18.4 Å². The second-order valence-corrected chi connectivity index (χ2v) is 4.50. The van der Waals surface area contributed by atoms with Crippen molar-refractivity contribution >= 4 is 12.1 Å². The van der Waals surface area contributed by atoms with Gasteiger partial charge in [0.15, 0.2) is 0 Å². The predicted molar refractivity (Wildman–Crippen MR) is 65.2 cm³/mol. The summed E-state index contributed by atoms with van der Waals surface area (Å²) < 4.78 is 0. The molecule has 17 heavy (non-hydrogen) atoms. The van der Waals surface area contributed by atoms with Gasteiger partial charge in [0, 0.05) is 5.41 Å². The molecule has 1 fully saturated rings. The molecule has 1 saturated carbocycles. The minimum Gasteiger partial charge on any atom is -0.350 e. The van der Waals surface area contributed by atoms with Crippen LogP contribution in [0.15, 0.2) is 36.4 Å². The lowest BCUT2D eigenvalue weighted by Crippen LogP contribution is -2.36. The smallest absolute Gasteiger partial charge is 0.338 e. The molecule has 0 unspecified atom stereocenters. The normalized spacial score (nSPS) is 17.0. The van der Waals surface area contributed by atoms with E-state index in [4.69, 9.17) is 5.73 Å². The van der Waals surface area contributed by atoms with Gasteiger partial charge in [-0.3, -0.25) is 5.21 Å². The molecule has 0 spiro atoms. The number of nitrogens with two attached hydrogens (primary N) is 1. The Bertz CT molecular complexity index is 424. The monoisotopic (exact) mass is 232 g/mol. The average molecular weight is 232 g/mol. The van der Waals surface area contributed by atoms with Gasteiger partial charge < -0.3 is 5.73 Å². The van der Waals surface area contributed by atoms with E-state index in [1.807, 2.05) is 36.4 Å². The average Bonchev–Trinajstić information content (AvgIpc) is 3.08. The first kappa shape index (κ1) is 11.7. The Balaban J connectivity index is 1.99. The van der Waals surface area contributed by atoms with Crippen LogP contribution in [-0.4, -0.2) is 22.8 Å². The predicted octanol–water partition coefficient (Wildman–Crippen LogP) is 2.25. The fourth-order valence-corrected chi connectivity index (χ4v) is 1.75. The summed E-state index contributed by atoms with van der Waals surface area (Å²) in [4.78, 5) is 10.8. The van der Waals surface area contributed by atoms with Gasteiger partial charge in [-0.25, -0.2) is 9.86 Å². The molecule has 0 aliphatic heterocycles. The van der Waals surface area contributed by atoms with E-state index in [-0.39, 0.29) is 12.0 Å². The molecule has 0 bridgehead atoms. The van der Waals surface area contributed by atoms with E-state index >= 15 is 0 Å². The van der Waals surface area contributed by atoms with Gasteiger partial charge in [-0.2, -0.15) is 0 Å². The van der Waals surface area contributed by atoms with Gasteiger partial charge in [0.1, 0.15) is 0 Å². The number of rotatable bonds is 4. The minimum absolute atomic E-state index is 0.0976. The highest BCUT2D eigenvalue weighted by Gasteiger charge is 2.42. The number of benzene rings is 1. The van der Waals surface area contributed by atoms with Crippen LogP contribution in [0.2, 0.25) is 0 Å². The lowest BCUT2D eigenvalue weighted by molar-refractivity contribution is -0.0491. The zero-order valence-electron chi connectivity index (χ0n) is 9.54. The molecule has 0 saturated heterocycles. The van der Waals surface area contributed by atoms with Crippen LogP contribution < -0.4 is 5.73 Å². The van der Waals surface area contributed by atoms with Gasteiger partial charge in [-0.1, -0.05) is 42.5 Å². The summed E-state index contributed by atoms with van der Waals surface area (Å²) in [5, 5.41) is 9.91. The maximum atomic E-state index is 10.8. The number of hydrogen-bond donors (Lipinski definition) is 2. The molecule has 0 atom stereocenters. The number of hydrogen-bond acceptors (Lipinski definition) is 2. The molecule has 2 amide bonds. The maximum absolute atomic E-state index is 10.8. The highest BCUT2D eigenvalue weighted by atomic mass is 16.5. The molecular formula is C13H16N2O2. The molecule has 3 N–H and O–H groups in total. The summed E-state index contributed by atoms with van der Waals surface area (Å²) in [6.07, 6.45) is 6.01. The first-order valence-electron chi connectivity index (χ1n) is 5.61. The third kappa shape index (κ3) is 3.07. The zero-order chi connectivity index (χ0) is 12.3. The van der Waals surface area contributed by atoms with Crippen LogP contribution in [0, 0.1) is 5.41 Å². The molecule has 1 aromatic rings. The molecule has 0 heterocycles. The second-order valence-electron chi connectivity index (χ2n) is 4.50. The van der Waals surface area contributed by atoms with Crippen LogP contribution in [0.25, 0.3) is 6.08 Å². The van der Waals surface area contributed by atoms with Gasteiger partial charge in [0.2, 0.25) is 0 Å². The van der Waals surface area contributed by atoms with Crippen molar-refractivity contribution in [3.8, 4) is 0 Å². The topological polar surface area (TPSA) is 66.6 Å². The number of carbonyl (C=O) groups is 1. The molecular weight excluding hydrogens is 216 g/mol. The largest absolute Gasteiger partial charge is 0.350 e. The molecule has 4 heteroatoms. The van der Waals surface area contributed by atoms with E-state index < -0.39 is 6.03 Å². The Morgan fingerprint density at radius 3 is 2.59 bits per heavy atom. The summed E-state index contributed by atoms with van der Waals surface area (Å²) in [6, 6.07) is 9.13. The highest BCUT2D eigenvalue weighted by Crippen LogP contribution is 2.47. The van der Waals surface area contributed by atoms with Crippen LogP contribution in [0.5, 0.6) is 0 Å². The van der Waals surface area contributed by atoms with Crippen molar-refractivity contribution < 1.29 is 10.0 Å². The Hall–Kier alpha value is -1.81. The van der Waals surface area contributed by atoms with Crippen molar-refractivity contribution in [2.24, 2.45) is 11.1 Å². The van der Waals surface area contributed by atoms with Crippen LogP contribution in [0.3, 0.4) is 0 Å². The van der Waals surface area contributed by atoms with Crippen molar-refractivity contribution in [3.05, 3.63) is 42.0 Å². The van der Waals surface area contributed by atoms with Crippen molar-refractivity contribution in [2.75, 3.05) is 6.54 Å². The number of hydroxylamine groups is 2. The molecule has 2 rings (SSSR count). The second kappa shape index (κ2) is 4.59. The van der Waals surface area contributed by atoms with E-state index in [1.54, 1.807) is 0 Å². The number of nitrogens with zero attached hydrogens (tertiary/aromatic N) is 1. The third-order valence-electron chi connectivity index (χ3n) is 3.04. The molecule has 90 valence electrons. The fourth-order valence-electron chi connectivity index (χ4n) is 1.75. The molecule has 0 aromatic heterocycles. The van der Waals surface area contributed by atoms with Crippen molar-refractivity contribution in [1.29, 1.82) is 0 Å². The van der Waals surface area contributed by atoms with Crippen molar-refractivity contribution in [2.45, 2.75) is 12.8 Å². The highest BCUT2D eigenvalue weighted by molar-refractivity contribution is 5.70. The molecule has 1 aliphatic rings. The van der Waals surface area contributed by atoms with Gasteiger partial charge in [0.25, 0.3) is 0 Å². The minimum atomic E-state index is -0.801. The van der Waals surface area contributed by atoms with Crippen molar-refractivity contribution in [1.82, 2.24) is 5.06 Å². The molecule has 1 aromatic carbocycles. The van der Waals surface area contributed by atoms with E-state index in [0.29, 0.717) is 5.06 Å². The number of urea groups is 1. The zero-order valence-corrected chi connectivity index (χ0v) is 9.54. The van der Waals surface area contributed by atoms with Gasteiger partial charge >= 0.3 is 6.03 Å². The quantitative estimate of drug-likeness (QED) is 0.617. The third-order valence-corrected chi connectivity index (χ3v) is 3.04. The Labute approximate surface area is 100 Å². The summed E-state index contributed by atoms with van der Waals surface area (Å²) in [7, 11) is 0. The van der Waals surface area contributed by atoms with Gasteiger partial charge in [-0.15, -0.1) is 0 Å². The standard InChI is InChI=1S/C13H16N2O2/c14-12(16)15(17)10-13(8-9-13)7-6-11-4-2-1-3-5-11/h1-7,17H,8-10H2,(H2,14,16). The molecule has 4 nitrogen and oxygen atoms in total. The van der Waals surface area contributed by atoms with Crippen LogP contribution in [0.1, 0.15) is 18.4 Å². The molecule has 0 radical (unpaired) electrons. The lowest BCUT2D eigenvalue weighted by atomic mass is 10.0. The summed E-state index contributed by atoms with van der Waals surface area (Å²) >= 11 is 0. The van der Waals surface area contributed by atoms with Crippen LogP contribution >= 0.6 is 0 Å². The van der Waals surface area contributed by atoms with Crippen LogP contribution in [0.4, 0.5) is 4.79 Å². The van der Waals surface area contributed by atoms with Crippen molar-refractivity contribution in [3.63, 3.8) is 0 Å². The van der Waals surface area contributed by atoms with E-state index in [9.17, 15) is 10.0 Å². The van der Waals surface area contributed by atoms with E-state index in [2.05, 4.69) is 6.08 Å². The SMILES string of the molecule is NC(=O)N(O)CC1(C=Cc2ccccc2)CC1. The first-order valence-corrected chi connectivity index (χ1v) is 5.61. The Morgan fingerprint density at radius 2 is 2.06 bits per heavy atom. The first-order chi connectivity index (χ1) is 8.11. The number of amides is 2. The summed E-state index contributed by atoms with van der Waals surface area (Å²) in [5.41, 5.74) is 6.01. The Kier molecular flexibility index (Phi) is 3.15. The summed E-state index contributed by atoms with van der Waals surface area (Å²) in [6.45, 7) is 0.270.